The zero-order chi connectivity index (χ0) is 29.8. The Balaban J connectivity index is 1.34. The number of benzene rings is 1. The zero-order valence-corrected chi connectivity index (χ0v) is 24.4. The van der Waals surface area contributed by atoms with E-state index >= 15 is 0 Å². The molecule has 1 heterocycles. The van der Waals surface area contributed by atoms with E-state index in [9.17, 15) is 31.2 Å². The first-order valence-corrected chi connectivity index (χ1v) is 16.0. The fraction of sp³-hybridized carbons (Fsp3) is 0.600. The zero-order valence-electron chi connectivity index (χ0n) is 23.6. The highest BCUT2D eigenvalue weighted by molar-refractivity contribution is 7.95. The van der Waals surface area contributed by atoms with Crippen LogP contribution in [0.25, 0.3) is 0 Å². The van der Waals surface area contributed by atoms with Gasteiger partial charge in [0.05, 0.1) is 18.4 Å². The summed E-state index contributed by atoms with van der Waals surface area (Å²) in [5.74, 6) is -0.971. The number of allylic oxidation sites excluding steroid dienone is 4. The minimum atomic E-state index is -4.46. The molecule has 1 aliphatic heterocycles. The molecule has 0 spiro atoms. The summed E-state index contributed by atoms with van der Waals surface area (Å²) in [7, 11) is -3.65. The highest BCUT2D eigenvalue weighted by Crippen LogP contribution is 2.39. The van der Waals surface area contributed by atoms with Gasteiger partial charge in [0.25, 0.3) is 0 Å². The van der Waals surface area contributed by atoms with Gasteiger partial charge in [-0.05, 0) is 68.9 Å². The lowest BCUT2D eigenvalue weighted by atomic mass is 9.80. The molecule has 1 unspecified atom stereocenters. The van der Waals surface area contributed by atoms with Gasteiger partial charge in [0.2, 0.25) is 5.91 Å². The first-order chi connectivity index (χ1) is 19.4. The van der Waals surface area contributed by atoms with Crippen molar-refractivity contribution < 1.29 is 35.9 Å². The van der Waals surface area contributed by atoms with Crippen LogP contribution in [0.4, 0.5) is 18.0 Å². The number of hydrogen-bond acceptors (Lipinski definition) is 5. The summed E-state index contributed by atoms with van der Waals surface area (Å²) in [6.45, 7) is 4.61. The number of hydrogen-bond donors (Lipinski definition) is 0. The second-order valence-corrected chi connectivity index (χ2v) is 13.4. The second-order valence-electron chi connectivity index (χ2n) is 11.3. The van der Waals surface area contributed by atoms with E-state index in [1.54, 1.807) is 11.8 Å². The number of rotatable bonds is 7. The molecule has 2 fully saturated rings. The molecule has 1 aromatic carbocycles. The highest BCUT2D eigenvalue weighted by atomic mass is 32.2. The lowest BCUT2D eigenvalue weighted by Crippen LogP contribution is -2.54. The molecule has 1 aromatic rings. The average molecular weight is 597 g/mol. The van der Waals surface area contributed by atoms with Gasteiger partial charge in [-0.15, -0.1) is 0 Å². The number of sulfone groups is 1. The van der Waals surface area contributed by atoms with Crippen molar-refractivity contribution in [1.29, 1.82) is 0 Å². The Bertz CT molecular complexity index is 1250. The molecule has 0 bridgehead atoms. The van der Waals surface area contributed by atoms with Crippen molar-refractivity contribution in [2.75, 3.05) is 32.0 Å². The minimum absolute atomic E-state index is 0.0574. The number of piperazine rings is 1. The molecule has 7 nitrogen and oxygen atoms in total. The van der Waals surface area contributed by atoms with E-state index < -0.39 is 27.5 Å². The molecule has 226 valence electrons. The van der Waals surface area contributed by atoms with Crippen LogP contribution in [-0.4, -0.2) is 68.4 Å². The summed E-state index contributed by atoms with van der Waals surface area (Å²) in [4.78, 5) is 29.7. The predicted molar refractivity (Wildman–Crippen MR) is 149 cm³/mol. The first-order valence-electron chi connectivity index (χ1n) is 14.4. The van der Waals surface area contributed by atoms with Crippen LogP contribution in [0.5, 0.6) is 0 Å². The summed E-state index contributed by atoms with van der Waals surface area (Å²) >= 11 is 0. The van der Waals surface area contributed by atoms with Crippen LogP contribution < -0.4 is 0 Å². The van der Waals surface area contributed by atoms with Crippen LogP contribution in [0.15, 0.2) is 53.0 Å². The largest absolute Gasteiger partial charge is 0.450 e. The molecule has 4 rings (SSSR count). The van der Waals surface area contributed by atoms with Crippen LogP contribution >= 0.6 is 0 Å². The van der Waals surface area contributed by atoms with Gasteiger partial charge in [-0.3, -0.25) is 4.79 Å². The first kappa shape index (κ1) is 31.1. The molecular weight excluding hydrogens is 557 g/mol. The number of ether oxygens (including phenoxy) is 1. The van der Waals surface area contributed by atoms with Crippen molar-refractivity contribution in [3.05, 3.63) is 58.5 Å². The smallest absolute Gasteiger partial charge is 0.412 e. The fourth-order valence-corrected chi connectivity index (χ4v) is 7.89. The quantitative estimate of drug-likeness (QED) is 0.383. The third-order valence-electron chi connectivity index (χ3n) is 8.58. The molecule has 0 aromatic heterocycles. The maximum Gasteiger partial charge on any atom is 0.412 e. The van der Waals surface area contributed by atoms with Crippen LogP contribution in [0, 0.1) is 17.8 Å². The van der Waals surface area contributed by atoms with Crippen molar-refractivity contribution in [1.82, 2.24) is 9.80 Å². The molecule has 11 heteroatoms. The topological polar surface area (TPSA) is 84.0 Å². The number of alkyl halides is 3. The summed E-state index contributed by atoms with van der Waals surface area (Å²) in [5, 5.41) is 0. The van der Waals surface area contributed by atoms with Gasteiger partial charge in [0.15, 0.2) is 9.84 Å². The van der Waals surface area contributed by atoms with Gasteiger partial charge in [-0.25, -0.2) is 13.2 Å². The van der Waals surface area contributed by atoms with Crippen molar-refractivity contribution in [2.24, 2.45) is 17.8 Å². The van der Waals surface area contributed by atoms with Gasteiger partial charge in [0.1, 0.15) is 0 Å². The number of carbonyl (C=O) groups is 2. The second kappa shape index (κ2) is 13.0. The average Bonchev–Trinajstić information content (AvgIpc) is 2.95. The van der Waals surface area contributed by atoms with Crippen molar-refractivity contribution >= 4 is 21.8 Å². The molecule has 2 aliphatic carbocycles. The Hall–Kier alpha value is -2.82. The molecule has 1 saturated carbocycles. The number of nitrogens with zero attached hydrogens (tertiary/aromatic N) is 2. The maximum absolute atomic E-state index is 13.7. The predicted octanol–water partition coefficient (Wildman–Crippen LogP) is 6.05. The summed E-state index contributed by atoms with van der Waals surface area (Å²) in [5.41, 5.74) is 0.258. The molecule has 2 amide bonds. The van der Waals surface area contributed by atoms with E-state index in [1.807, 2.05) is 35.2 Å². The van der Waals surface area contributed by atoms with Crippen LogP contribution in [0.3, 0.4) is 0 Å². The Morgan fingerprint density at radius 1 is 1.02 bits per heavy atom. The fourth-order valence-electron chi connectivity index (χ4n) is 6.20. The molecule has 41 heavy (non-hydrogen) atoms. The summed E-state index contributed by atoms with van der Waals surface area (Å²) in [6.07, 6.45) is 0.197. The molecular formula is C30H39F3N2O5S. The van der Waals surface area contributed by atoms with Crippen molar-refractivity contribution in [3.8, 4) is 0 Å². The van der Waals surface area contributed by atoms with Crippen molar-refractivity contribution in [3.63, 3.8) is 0 Å². The lowest BCUT2D eigenvalue weighted by molar-refractivity contribution is -0.142. The van der Waals surface area contributed by atoms with E-state index in [1.165, 1.54) is 6.92 Å². The van der Waals surface area contributed by atoms with Crippen molar-refractivity contribution in [2.45, 2.75) is 64.6 Å². The van der Waals surface area contributed by atoms with Crippen LogP contribution in [-0.2, 0) is 19.4 Å². The highest BCUT2D eigenvalue weighted by Gasteiger charge is 2.40. The number of carbonyl (C=O) groups excluding carboxylic acids is 2. The molecule has 0 radical (unpaired) electrons. The monoisotopic (exact) mass is 596 g/mol. The third-order valence-corrected chi connectivity index (χ3v) is 10.5. The molecule has 1 saturated heterocycles. The van der Waals surface area contributed by atoms with E-state index in [0.717, 1.165) is 30.6 Å². The lowest BCUT2D eigenvalue weighted by Gasteiger charge is -2.43. The standard InChI is InChI=1S/C30H39F3N2O5S/c1-3-40-29(37)34-16-17-35(27(20-34)23-7-5-4-6-8-23)28(36)24-11-9-22(10-12-24)15-18-41(38,39)25-13-14-26(21(2)19-25)30(31,32)33/h4-8,13-14,21-22,24,27H,3,9-12,15-20H2,1-2H3/t21?,22?,24?,27-/m1/s1. The van der Waals surface area contributed by atoms with E-state index in [0.29, 0.717) is 38.9 Å². The van der Waals surface area contributed by atoms with Gasteiger partial charge < -0.3 is 14.5 Å². The Labute approximate surface area is 240 Å². The van der Waals surface area contributed by atoms with Crippen LogP contribution in [0.2, 0.25) is 0 Å². The normalized spacial score (nSPS) is 25.8. The Morgan fingerprint density at radius 3 is 2.32 bits per heavy atom. The van der Waals surface area contributed by atoms with E-state index in [4.69, 9.17) is 4.74 Å². The van der Waals surface area contributed by atoms with Gasteiger partial charge >= 0.3 is 12.3 Å². The van der Waals surface area contributed by atoms with E-state index in [-0.39, 0.29) is 53.6 Å². The van der Waals surface area contributed by atoms with Gasteiger partial charge in [-0.1, -0.05) is 43.3 Å². The molecule has 0 N–H and O–H groups in total. The maximum atomic E-state index is 13.7. The Kier molecular flexibility index (Phi) is 9.87. The van der Waals surface area contributed by atoms with Gasteiger partial charge in [0, 0.05) is 36.0 Å². The number of halogens is 3. The number of amides is 2. The van der Waals surface area contributed by atoms with Gasteiger partial charge in [-0.2, -0.15) is 13.2 Å². The van der Waals surface area contributed by atoms with Crippen LogP contribution in [0.1, 0.15) is 64.0 Å². The SMILES string of the molecule is CCOC(=O)N1CCN(C(=O)C2CCC(CCS(=O)(=O)C3=CC=C(C(F)(F)F)C(C)C3)CC2)[C@@H](c2ccccc2)C1. The molecule has 3 aliphatic rings. The Morgan fingerprint density at radius 2 is 1.71 bits per heavy atom. The minimum Gasteiger partial charge on any atom is -0.450 e. The summed E-state index contributed by atoms with van der Waals surface area (Å²) in [6, 6.07) is 9.37. The summed E-state index contributed by atoms with van der Waals surface area (Å²) < 4.78 is 70.3. The third kappa shape index (κ3) is 7.53. The van der Waals surface area contributed by atoms with E-state index in [2.05, 4.69) is 0 Å². The molecule has 2 atom stereocenters.